The summed E-state index contributed by atoms with van der Waals surface area (Å²) in [6.07, 6.45) is 59.6. The molecule has 0 spiro atoms. The summed E-state index contributed by atoms with van der Waals surface area (Å²) in [5, 5.41) is 9.60. The average molecular weight is 711 g/mol. The zero-order valence-electron chi connectivity index (χ0n) is 33.6. The Morgan fingerprint density at radius 3 is 1.33 bits per heavy atom. The fourth-order valence-corrected chi connectivity index (χ4v) is 5.82. The van der Waals surface area contributed by atoms with E-state index in [-0.39, 0.29) is 19.2 Å². The normalized spacial score (nSPS) is 13.1. The average Bonchev–Trinajstić information content (AvgIpc) is 3.14. The lowest BCUT2D eigenvalue weighted by Crippen LogP contribution is -2.27. The Kier molecular flexibility index (Phi) is 42.1. The molecule has 0 saturated heterocycles. The summed E-state index contributed by atoms with van der Waals surface area (Å²) in [7, 11) is 0. The summed E-state index contributed by atoms with van der Waals surface area (Å²) in [5.74, 6) is -0.214. The van der Waals surface area contributed by atoms with E-state index in [0.717, 1.165) is 64.2 Å². The number of carbonyl (C=O) groups is 1. The highest BCUT2D eigenvalue weighted by molar-refractivity contribution is 5.69. The molecule has 0 aliphatic rings. The first-order chi connectivity index (χ1) is 25.2. The maximum Gasteiger partial charge on any atom is 0.306 e. The summed E-state index contributed by atoms with van der Waals surface area (Å²) in [6, 6.07) is 0. The third-order valence-electron chi connectivity index (χ3n) is 9.02. The summed E-state index contributed by atoms with van der Waals surface area (Å²) < 4.78 is 11.1. The molecular weight excluding hydrogens is 629 g/mol. The van der Waals surface area contributed by atoms with Gasteiger partial charge in [-0.15, -0.1) is 0 Å². The van der Waals surface area contributed by atoms with Gasteiger partial charge in [-0.1, -0.05) is 177 Å². The monoisotopic (exact) mass is 711 g/mol. The quantitative estimate of drug-likeness (QED) is 0.0392. The van der Waals surface area contributed by atoms with E-state index in [2.05, 4.69) is 86.8 Å². The van der Waals surface area contributed by atoms with Gasteiger partial charge in [0.05, 0.1) is 13.2 Å². The molecule has 0 amide bonds. The maximum atomic E-state index is 12.2. The Labute approximate surface area is 317 Å². The van der Waals surface area contributed by atoms with Crippen LogP contribution in [-0.2, 0) is 14.3 Å². The summed E-state index contributed by atoms with van der Waals surface area (Å²) >= 11 is 0. The Balaban J connectivity index is 3.49. The Bertz CT molecular complexity index is 881. The molecule has 4 heteroatoms. The number of ether oxygens (including phenoxy) is 2. The van der Waals surface area contributed by atoms with Gasteiger partial charge in [0.15, 0.2) is 0 Å². The molecule has 0 bridgehead atoms. The van der Waals surface area contributed by atoms with Crippen LogP contribution in [0.4, 0.5) is 0 Å². The molecule has 51 heavy (non-hydrogen) atoms. The van der Waals surface area contributed by atoms with Crippen LogP contribution in [0.3, 0.4) is 0 Å². The van der Waals surface area contributed by atoms with Gasteiger partial charge >= 0.3 is 5.97 Å². The zero-order chi connectivity index (χ0) is 37.0. The van der Waals surface area contributed by atoms with E-state index in [1.165, 1.54) is 109 Å². The fraction of sp³-hybridized carbons (Fsp3) is 0.723. The van der Waals surface area contributed by atoms with Gasteiger partial charge in [0.25, 0.3) is 0 Å². The van der Waals surface area contributed by atoms with Crippen molar-refractivity contribution in [2.75, 3.05) is 19.8 Å². The van der Waals surface area contributed by atoms with Crippen molar-refractivity contribution in [3.8, 4) is 0 Å². The molecule has 0 aliphatic carbocycles. The van der Waals surface area contributed by atoms with Gasteiger partial charge in [0.1, 0.15) is 6.10 Å². The molecular formula is C47H82O4. The molecule has 0 fully saturated rings. The van der Waals surface area contributed by atoms with Crippen molar-refractivity contribution in [1.82, 2.24) is 0 Å². The summed E-state index contributed by atoms with van der Waals surface area (Å²) in [4.78, 5) is 12.2. The van der Waals surface area contributed by atoms with Crippen molar-refractivity contribution < 1.29 is 19.4 Å². The van der Waals surface area contributed by atoms with Gasteiger partial charge in [0, 0.05) is 13.0 Å². The van der Waals surface area contributed by atoms with Crippen LogP contribution < -0.4 is 0 Å². The molecule has 1 atom stereocenters. The van der Waals surface area contributed by atoms with Crippen molar-refractivity contribution in [1.29, 1.82) is 0 Å². The van der Waals surface area contributed by atoms with E-state index in [1.807, 2.05) is 0 Å². The van der Waals surface area contributed by atoms with E-state index >= 15 is 0 Å². The standard InChI is InChI=1S/C47H82O4/c1-3-5-7-9-11-13-15-17-19-21-23-24-25-26-28-30-32-34-36-38-40-42-47(49)51-46(44-48)45-50-43-41-39-37-35-33-31-29-27-22-20-18-16-14-12-10-8-6-4-2/h6,8,12,14-15,17-18,20-21,23,27,29,46,48H,3-5,7,9-11,13,16,19,22,24-26,28,30-45H2,1-2H3/b8-6-,14-12-,17-15-,20-18-,23-21-,29-27-. The topological polar surface area (TPSA) is 55.8 Å². The second kappa shape index (κ2) is 44.0. The highest BCUT2D eigenvalue weighted by Crippen LogP contribution is 2.13. The van der Waals surface area contributed by atoms with E-state index in [1.54, 1.807) is 0 Å². The van der Waals surface area contributed by atoms with E-state index < -0.39 is 6.10 Å². The number of hydrogen-bond acceptors (Lipinski definition) is 4. The van der Waals surface area contributed by atoms with Gasteiger partial charge in [-0.2, -0.15) is 0 Å². The highest BCUT2D eigenvalue weighted by atomic mass is 16.6. The molecule has 0 aromatic carbocycles. The number of rotatable bonds is 39. The van der Waals surface area contributed by atoms with Crippen molar-refractivity contribution in [3.05, 3.63) is 72.9 Å². The lowest BCUT2D eigenvalue weighted by atomic mass is 10.1. The van der Waals surface area contributed by atoms with Crippen LogP contribution in [0.1, 0.15) is 194 Å². The summed E-state index contributed by atoms with van der Waals surface area (Å²) in [5.41, 5.74) is 0. The predicted octanol–water partition coefficient (Wildman–Crippen LogP) is 14.2. The smallest absolute Gasteiger partial charge is 0.306 e. The van der Waals surface area contributed by atoms with Gasteiger partial charge in [0.2, 0.25) is 0 Å². The number of hydrogen-bond donors (Lipinski definition) is 1. The second-order valence-corrected chi connectivity index (χ2v) is 14.0. The molecule has 1 N–H and O–H groups in total. The predicted molar refractivity (Wildman–Crippen MR) is 223 cm³/mol. The highest BCUT2D eigenvalue weighted by Gasteiger charge is 2.13. The maximum absolute atomic E-state index is 12.2. The first-order valence-corrected chi connectivity index (χ1v) is 21.5. The molecule has 0 rings (SSSR count). The van der Waals surface area contributed by atoms with Gasteiger partial charge in [-0.3, -0.25) is 4.79 Å². The molecule has 0 saturated carbocycles. The SMILES string of the molecule is CC/C=C\C/C=C\C/C=C\C/C=C\CCCCCCCOCC(CO)OC(=O)CCCCCCCCCCC/C=C\C/C=C\CCCCCCC. The minimum Gasteiger partial charge on any atom is -0.457 e. The minimum absolute atomic E-state index is 0.185. The fourth-order valence-electron chi connectivity index (χ4n) is 5.82. The van der Waals surface area contributed by atoms with Gasteiger partial charge in [-0.25, -0.2) is 0 Å². The van der Waals surface area contributed by atoms with Gasteiger partial charge < -0.3 is 14.6 Å². The van der Waals surface area contributed by atoms with Crippen LogP contribution in [0.2, 0.25) is 0 Å². The first-order valence-electron chi connectivity index (χ1n) is 21.5. The molecule has 0 aromatic heterocycles. The molecule has 0 heterocycles. The number of carbonyl (C=O) groups excluding carboxylic acids is 1. The molecule has 1 unspecified atom stereocenters. The van der Waals surface area contributed by atoms with Crippen LogP contribution in [0, 0.1) is 0 Å². The Morgan fingerprint density at radius 1 is 0.490 bits per heavy atom. The number of esters is 1. The van der Waals surface area contributed by atoms with Crippen molar-refractivity contribution in [2.45, 2.75) is 200 Å². The van der Waals surface area contributed by atoms with Crippen molar-refractivity contribution in [2.24, 2.45) is 0 Å². The number of aliphatic hydroxyl groups is 1. The molecule has 0 radical (unpaired) electrons. The molecule has 0 aromatic rings. The van der Waals surface area contributed by atoms with Crippen molar-refractivity contribution in [3.63, 3.8) is 0 Å². The van der Waals surface area contributed by atoms with E-state index in [9.17, 15) is 9.90 Å². The zero-order valence-corrected chi connectivity index (χ0v) is 33.6. The largest absolute Gasteiger partial charge is 0.457 e. The molecule has 0 aliphatic heterocycles. The Hall–Kier alpha value is -2.17. The molecule has 294 valence electrons. The van der Waals surface area contributed by atoms with E-state index in [0.29, 0.717) is 13.0 Å². The second-order valence-electron chi connectivity index (χ2n) is 14.0. The minimum atomic E-state index is -0.550. The lowest BCUT2D eigenvalue weighted by Gasteiger charge is -2.15. The third kappa shape index (κ3) is 42.1. The van der Waals surface area contributed by atoms with Crippen LogP contribution in [0.5, 0.6) is 0 Å². The van der Waals surface area contributed by atoms with Gasteiger partial charge in [-0.05, 0) is 83.5 Å². The van der Waals surface area contributed by atoms with Crippen LogP contribution in [0.25, 0.3) is 0 Å². The van der Waals surface area contributed by atoms with E-state index in [4.69, 9.17) is 9.47 Å². The van der Waals surface area contributed by atoms with Crippen LogP contribution in [-0.4, -0.2) is 37.0 Å². The Morgan fingerprint density at radius 2 is 0.882 bits per heavy atom. The van der Waals surface area contributed by atoms with Crippen molar-refractivity contribution >= 4 is 5.97 Å². The molecule has 4 nitrogen and oxygen atoms in total. The number of aliphatic hydroxyl groups excluding tert-OH is 1. The lowest BCUT2D eigenvalue weighted by molar-refractivity contribution is -0.154. The third-order valence-corrected chi connectivity index (χ3v) is 9.02. The van der Waals surface area contributed by atoms with Crippen LogP contribution in [0.15, 0.2) is 72.9 Å². The van der Waals surface area contributed by atoms with Crippen LogP contribution >= 0.6 is 0 Å². The number of allylic oxidation sites excluding steroid dienone is 12. The summed E-state index contributed by atoms with van der Waals surface area (Å²) in [6.45, 7) is 5.18. The number of unbranched alkanes of at least 4 members (excludes halogenated alkanes) is 19. The first kappa shape index (κ1) is 48.8.